The highest BCUT2D eigenvalue weighted by Gasteiger charge is 2.51. The SMILES string of the molecule is NC1C2CC3CC1CC3C2. The second-order valence-electron chi connectivity index (χ2n) is 4.56. The van der Waals surface area contributed by atoms with Crippen molar-refractivity contribution in [1.29, 1.82) is 0 Å². The van der Waals surface area contributed by atoms with Gasteiger partial charge in [-0.3, -0.25) is 0 Å². The summed E-state index contributed by atoms with van der Waals surface area (Å²) in [6.45, 7) is 0. The number of nitrogens with two attached hydrogens (primary N) is 1. The normalized spacial score (nSPS) is 63.9. The summed E-state index contributed by atoms with van der Waals surface area (Å²) in [5, 5.41) is 0. The summed E-state index contributed by atoms with van der Waals surface area (Å²) in [6, 6.07) is 0.593. The minimum Gasteiger partial charge on any atom is -0.327 e. The number of hydrogen-bond donors (Lipinski definition) is 1. The maximum Gasteiger partial charge on any atom is 0.00960 e. The first-order chi connectivity index (χ1) is 4.84. The van der Waals surface area contributed by atoms with Crippen molar-refractivity contribution in [3.8, 4) is 0 Å². The molecular formula is C9H15N. The molecule has 0 heterocycles. The summed E-state index contributed by atoms with van der Waals surface area (Å²) in [5.74, 6) is 4.08. The minimum atomic E-state index is 0.593. The van der Waals surface area contributed by atoms with Gasteiger partial charge in [0, 0.05) is 6.04 Å². The van der Waals surface area contributed by atoms with Gasteiger partial charge in [0.25, 0.3) is 0 Å². The summed E-state index contributed by atoms with van der Waals surface area (Å²) in [5.41, 5.74) is 6.10. The lowest BCUT2D eigenvalue weighted by atomic mass is 9.78. The zero-order chi connectivity index (χ0) is 6.72. The molecular weight excluding hydrogens is 122 g/mol. The molecule has 0 amide bonds. The molecule has 2 N–H and O–H groups in total. The molecule has 10 heavy (non-hydrogen) atoms. The lowest BCUT2D eigenvalue weighted by Gasteiger charge is -2.32. The van der Waals surface area contributed by atoms with Gasteiger partial charge in [0.15, 0.2) is 0 Å². The van der Waals surface area contributed by atoms with E-state index in [-0.39, 0.29) is 0 Å². The largest absolute Gasteiger partial charge is 0.327 e. The van der Waals surface area contributed by atoms with Crippen LogP contribution in [0.5, 0.6) is 0 Å². The van der Waals surface area contributed by atoms with E-state index >= 15 is 0 Å². The maximum atomic E-state index is 6.10. The van der Waals surface area contributed by atoms with Crippen LogP contribution in [0.1, 0.15) is 25.7 Å². The van der Waals surface area contributed by atoms with E-state index < -0.39 is 0 Å². The van der Waals surface area contributed by atoms with Crippen molar-refractivity contribution in [2.45, 2.75) is 31.7 Å². The first-order valence-corrected chi connectivity index (χ1v) is 4.60. The molecule has 1 nitrogen and oxygen atoms in total. The maximum absolute atomic E-state index is 6.10. The van der Waals surface area contributed by atoms with Crippen LogP contribution in [0, 0.1) is 23.7 Å². The molecule has 56 valence electrons. The van der Waals surface area contributed by atoms with Crippen molar-refractivity contribution in [3.63, 3.8) is 0 Å². The zero-order valence-electron chi connectivity index (χ0n) is 6.29. The summed E-state index contributed by atoms with van der Waals surface area (Å²) < 4.78 is 0. The molecule has 0 spiro atoms. The van der Waals surface area contributed by atoms with E-state index in [1.807, 2.05) is 0 Å². The third kappa shape index (κ3) is 0.493. The van der Waals surface area contributed by atoms with E-state index in [1.165, 1.54) is 25.7 Å². The molecule has 0 saturated heterocycles. The van der Waals surface area contributed by atoms with Crippen LogP contribution in [-0.2, 0) is 0 Å². The predicted molar refractivity (Wildman–Crippen MR) is 40.4 cm³/mol. The van der Waals surface area contributed by atoms with Gasteiger partial charge in [-0.25, -0.2) is 0 Å². The van der Waals surface area contributed by atoms with Gasteiger partial charge in [-0.15, -0.1) is 0 Å². The van der Waals surface area contributed by atoms with Crippen LogP contribution in [0.4, 0.5) is 0 Å². The summed E-state index contributed by atoms with van der Waals surface area (Å²) >= 11 is 0. The van der Waals surface area contributed by atoms with Crippen LogP contribution >= 0.6 is 0 Å². The second kappa shape index (κ2) is 1.58. The highest BCUT2D eigenvalue weighted by Crippen LogP contribution is 2.57. The predicted octanol–water partition coefficient (Wildman–Crippen LogP) is 1.38. The molecule has 0 unspecified atom stereocenters. The Labute approximate surface area is 62.0 Å². The van der Waals surface area contributed by atoms with Crippen molar-refractivity contribution in [2.24, 2.45) is 29.4 Å². The molecule has 0 radical (unpaired) electrons. The fourth-order valence-electron chi connectivity index (χ4n) is 3.72. The molecule has 4 fully saturated rings. The van der Waals surface area contributed by atoms with E-state index in [4.69, 9.17) is 5.73 Å². The van der Waals surface area contributed by atoms with Crippen molar-refractivity contribution < 1.29 is 0 Å². The highest BCUT2D eigenvalue weighted by molar-refractivity contribution is 5.04. The third-order valence-corrected chi connectivity index (χ3v) is 4.18. The molecule has 4 aliphatic carbocycles. The smallest absolute Gasteiger partial charge is 0.00960 e. The Hall–Kier alpha value is -0.0400. The third-order valence-electron chi connectivity index (χ3n) is 4.18. The van der Waals surface area contributed by atoms with Crippen LogP contribution in [0.25, 0.3) is 0 Å². The van der Waals surface area contributed by atoms with Crippen molar-refractivity contribution in [2.75, 3.05) is 0 Å². The fourth-order valence-corrected chi connectivity index (χ4v) is 3.72. The molecule has 0 aromatic carbocycles. The zero-order valence-corrected chi connectivity index (χ0v) is 6.29. The molecule has 0 aromatic heterocycles. The molecule has 0 aliphatic heterocycles. The van der Waals surface area contributed by atoms with E-state index in [0.29, 0.717) is 6.04 Å². The van der Waals surface area contributed by atoms with E-state index in [2.05, 4.69) is 0 Å². The Morgan fingerprint density at radius 2 is 1.10 bits per heavy atom. The van der Waals surface area contributed by atoms with Gasteiger partial charge in [-0.05, 0) is 49.4 Å². The second-order valence-corrected chi connectivity index (χ2v) is 4.56. The van der Waals surface area contributed by atoms with E-state index in [0.717, 1.165) is 23.7 Å². The van der Waals surface area contributed by atoms with Crippen molar-refractivity contribution >= 4 is 0 Å². The van der Waals surface area contributed by atoms with Gasteiger partial charge < -0.3 is 5.73 Å². The number of rotatable bonds is 0. The average molecular weight is 137 g/mol. The van der Waals surface area contributed by atoms with Gasteiger partial charge in [-0.2, -0.15) is 0 Å². The van der Waals surface area contributed by atoms with Gasteiger partial charge in [-0.1, -0.05) is 0 Å². The Kier molecular flexibility index (Phi) is 0.883. The average Bonchev–Trinajstić information content (AvgIpc) is 2.33. The molecule has 4 aliphatic rings. The van der Waals surface area contributed by atoms with Crippen molar-refractivity contribution in [3.05, 3.63) is 0 Å². The van der Waals surface area contributed by atoms with Crippen LogP contribution in [0.3, 0.4) is 0 Å². The molecule has 4 saturated carbocycles. The molecule has 0 atom stereocenters. The Balaban J connectivity index is 1.98. The van der Waals surface area contributed by atoms with Gasteiger partial charge >= 0.3 is 0 Å². The van der Waals surface area contributed by atoms with Crippen molar-refractivity contribution in [1.82, 2.24) is 0 Å². The molecule has 0 aromatic rings. The molecule has 4 bridgehead atoms. The Morgan fingerprint density at radius 1 is 0.700 bits per heavy atom. The lowest BCUT2D eigenvalue weighted by Crippen LogP contribution is -2.39. The van der Waals surface area contributed by atoms with Gasteiger partial charge in [0.05, 0.1) is 0 Å². The van der Waals surface area contributed by atoms with Crippen LogP contribution in [-0.4, -0.2) is 6.04 Å². The van der Waals surface area contributed by atoms with E-state index in [9.17, 15) is 0 Å². The van der Waals surface area contributed by atoms with Crippen LogP contribution < -0.4 is 5.73 Å². The van der Waals surface area contributed by atoms with Gasteiger partial charge in [0.1, 0.15) is 0 Å². The lowest BCUT2D eigenvalue weighted by molar-refractivity contribution is 0.229. The highest BCUT2D eigenvalue weighted by atomic mass is 14.7. The summed E-state index contributed by atoms with van der Waals surface area (Å²) in [4.78, 5) is 0. The van der Waals surface area contributed by atoms with Gasteiger partial charge in [0.2, 0.25) is 0 Å². The Bertz CT molecular complexity index is 136. The van der Waals surface area contributed by atoms with Crippen LogP contribution in [0.2, 0.25) is 0 Å². The molecule has 1 heteroatoms. The Morgan fingerprint density at radius 3 is 1.50 bits per heavy atom. The standard InChI is InChI=1S/C9H15N/c10-9-7-1-5-2-8(9)4-6(5)3-7/h5-9H,1-4,10H2. The van der Waals surface area contributed by atoms with E-state index in [1.54, 1.807) is 0 Å². The summed E-state index contributed by atoms with van der Waals surface area (Å²) in [6.07, 6.45) is 5.90. The first-order valence-electron chi connectivity index (χ1n) is 4.60. The minimum absolute atomic E-state index is 0.593. The number of hydrogen-bond acceptors (Lipinski definition) is 1. The topological polar surface area (TPSA) is 26.0 Å². The molecule has 4 rings (SSSR count). The first kappa shape index (κ1) is 5.59. The quantitative estimate of drug-likeness (QED) is 0.536. The monoisotopic (exact) mass is 137 g/mol. The van der Waals surface area contributed by atoms with Crippen LogP contribution in [0.15, 0.2) is 0 Å². The fraction of sp³-hybridized carbons (Fsp3) is 1.00. The summed E-state index contributed by atoms with van der Waals surface area (Å²) in [7, 11) is 0.